The average molecular weight is 300 g/mol. The molecule has 1 aliphatic heterocycles. The summed E-state index contributed by atoms with van der Waals surface area (Å²) in [5, 5.41) is 11.5. The molecular formula is C19H12N2S. The van der Waals surface area contributed by atoms with E-state index in [4.69, 9.17) is 0 Å². The number of azo groups is 1. The molecule has 3 heteroatoms. The highest BCUT2D eigenvalue weighted by atomic mass is 32.1. The molecule has 0 saturated heterocycles. The summed E-state index contributed by atoms with van der Waals surface area (Å²) in [5.41, 5.74) is 3.45. The van der Waals surface area contributed by atoms with E-state index in [1.165, 1.54) is 31.3 Å². The maximum absolute atomic E-state index is 4.53. The van der Waals surface area contributed by atoms with Crippen LogP contribution in [0.15, 0.2) is 77.0 Å². The van der Waals surface area contributed by atoms with Gasteiger partial charge in [0.2, 0.25) is 0 Å². The Morgan fingerprint density at radius 1 is 0.727 bits per heavy atom. The van der Waals surface area contributed by atoms with E-state index < -0.39 is 0 Å². The zero-order valence-electron chi connectivity index (χ0n) is 11.7. The lowest BCUT2D eigenvalue weighted by Gasteiger charge is -2.09. The highest BCUT2D eigenvalue weighted by Crippen LogP contribution is 2.45. The Hall–Kier alpha value is -2.52. The number of hydrogen-bond donors (Lipinski definition) is 0. The third-order valence-electron chi connectivity index (χ3n) is 4.24. The molecule has 0 fully saturated rings. The number of benzene rings is 3. The highest BCUT2D eigenvalue weighted by Gasteiger charge is 2.24. The van der Waals surface area contributed by atoms with Crippen LogP contribution in [0.25, 0.3) is 20.2 Å². The van der Waals surface area contributed by atoms with Crippen LogP contribution in [-0.2, 0) is 0 Å². The van der Waals surface area contributed by atoms with Gasteiger partial charge >= 0.3 is 0 Å². The van der Waals surface area contributed by atoms with Gasteiger partial charge in [-0.3, -0.25) is 0 Å². The quantitative estimate of drug-likeness (QED) is 0.397. The lowest BCUT2D eigenvalue weighted by molar-refractivity contribution is 0.872. The van der Waals surface area contributed by atoms with Crippen LogP contribution in [-0.4, -0.2) is 0 Å². The molecule has 0 saturated carbocycles. The summed E-state index contributed by atoms with van der Waals surface area (Å²) in [6.07, 6.45) is 0. The van der Waals surface area contributed by atoms with E-state index in [0.29, 0.717) is 0 Å². The second-order valence-electron chi connectivity index (χ2n) is 5.50. The van der Waals surface area contributed by atoms with Gasteiger partial charge in [0.05, 0.1) is 5.69 Å². The summed E-state index contributed by atoms with van der Waals surface area (Å²) in [6, 6.07) is 23.4. The predicted octanol–water partition coefficient (Wildman–Crippen LogP) is 6.24. The summed E-state index contributed by atoms with van der Waals surface area (Å²) in [4.78, 5) is 0. The molecule has 1 aliphatic rings. The van der Waals surface area contributed by atoms with Crippen molar-refractivity contribution in [2.24, 2.45) is 10.2 Å². The van der Waals surface area contributed by atoms with Crippen molar-refractivity contribution < 1.29 is 0 Å². The molecule has 3 aromatic carbocycles. The molecule has 0 amide bonds. The van der Waals surface area contributed by atoms with Gasteiger partial charge in [-0.25, -0.2) is 0 Å². The minimum atomic E-state index is 0.0213. The molecule has 5 rings (SSSR count). The van der Waals surface area contributed by atoms with Gasteiger partial charge in [-0.15, -0.1) is 11.3 Å². The Balaban J connectivity index is 1.81. The van der Waals surface area contributed by atoms with Crippen molar-refractivity contribution in [3.8, 4) is 0 Å². The fourth-order valence-corrected chi connectivity index (χ4v) is 4.45. The first-order valence-corrected chi connectivity index (χ1v) is 8.13. The molecule has 1 unspecified atom stereocenters. The molecular weight excluding hydrogens is 288 g/mol. The number of fused-ring (bicyclic) bond motifs is 4. The van der Waals surface area contributed by atoms with Crippen molar-refractivity contribution in [2.45, 2.75) is 6.04 Å². The van der Waals surface area contributed by atoms with Crippen LogP contribution in [0.1, 0.15) is 17.2 Å². The molecule has 1 aromatic heterocycles. The molecule has 2 nitrogen and oxygen atoms in total. The molecule has 0 aliphatic carbocycles. The monoisotopic (exact) mass is 300 g/mol. The zero-order chi connectivity index (χ0) is 14.5. The summed E-state index contributed by atoms with van der Waals surface area (Å²) in [7, 11) is 0. The third-order valence-corrected chi connectivity index (χ3v) is 5.48. The molecule has 22 heavy (non-hydrogen) atoms. The van der Waals surface area contributed by atoms with Gasteiger partial charge in [0.15, 0.2) is 0 Å². The fraction of sp³-hybridized carbons (Fsp3) is 0.0526. The van der Waals surface area contributed by atoms with Crippen LogP contribution < -0.4 is 0 Å². The van der Waals surface area contributed by atoms with Crippen LogP contribution >= 0.6 is 11.3 Å². The van der Waals surface area contributed by atoms with Gasteiger partial charge in [0.25, 0.3) is 0 Å². The summed E-state index contributed by atoms with van der Waals surface area (Å²) in [6.45, 7) is 0. The first kappa shape index (κ1) is 12.1. The normalized spacial score (nSPS) is 16.5. The molecule has 0 N–H and O–H groups in total. The minimum Gasteiger partial charge on any atom is -0.175 e. The zero-order valence-corrected chi connectivity index (χ0v) is 12.5. The van der Waals surface area contributed by atoms with E-state index in [1.807, 2.05) is 23.5 Å². The van der Waals surface area contributed by atoms with E-state index in [-0.39, 0.29) is 6.04 Å². The average Bonchev–Trinajstić information content (AvgIpc) is 3.16. The topological polar surface area (TPSA) is 24.7 Å². The van der Waals surface area contributed by atoms with Crippen molar-refractivity contribution in [3.63, 3.8) is 0 Å². The SMILES string of the molecule is c1ccc2c(c1)N=NC2c1cccc2c1sc1ccccc12. The number of thiophene rings is 1. The number of nitrogens with zero attached hydrogens (tertiary/aromatic N) is 2. The van der Waals surface area contributed by atoms with Gasteiger partial charge in [0, 0.05) is 31.3 Å². The fourth-order valence-electron chi connectivity index (χ4n) is 3.21. The summed E-state index contributed by atoms with van der Waals surface area (Å²) >= 11 is 1.85. The van der Waals surface area contributed by atoms with Gasteiger partial charge < -0.3 is 0 Å². The predicted molar refractivity (Wildman–Crippen MR) is 92.1 cm³/mol. The van der Waals surface area contributed by atoms with Crippen molar-refractivity contribution in [1.29, 1.82) is 0 Å². The van der Waals surface area contributed by atoms with E-state index >= 15 is 0 Å². The van der Waals surface area contributed by atoms with Crippen LogP contribution in [0.2, 0.25) is 0 Å². The smallest absolute Gasteiger partial charge is 0.125 e. The molecule has 0 spiro atoms. The summed E-state index contributed by atoms with van der Waals surface area (Å²) < 4.78 is 2.65. The maximum atomic E-state index is 4.53. The van der Waals surface area contributed by atoms with Crippen molar-refractivity contribution in [2.75, 3.05) is 0 Å². The molecule has 1 atom stereocenters. The van der Waals surface area contributed by atoms with Gasteiger partial charge in [-0.05, 0) is 12.1 Å². The molecule has 2 heterocycles. The third kappa shape index (κ3) is 1.60. The lowest BCUT2D eigenvalue weighted by atomic mass is 9.97. The maximum Gasteiger partial charge on any atom is 0.125 e. The Morgan fingerprint density at radius 3 is 2.50 bits per heavy atom. The number of hydrogen-bond acceptors (Lipinski definition) is 3. The Labute approximate surface area is 131 Å². The van der Waals surface area contributed by atoms with Gasteiger partial charge in [-0.1, -0.05) is 54.6 Å². The Kier molecular flexibility index (Phi) is 2.46. The lowest BCUT2D eigenvalue weighted by Crippen LogP contribution is -1.94. The van der Waals surface area contributed by atoms with Gasteiger partial charge in [-0.2, -0.15) is 10.2 Å². The summed E-state index contributed by atoms with van der Waals surface area (Å²) in [5.74, 6) is 0. The van der Waals surface area contributed by atoms with E-state index in [1.54, 1.807) is 0 Å². The van der Waals surface area contributed by atoms with Crippen molar-refractivity contribution in [1.82, 2.24) is 0 Å². The second kappa shape index (κ2) is 4.49. The molecule has 0 radical (unpaired) electrons. The van der Waals surface area contributed by atoms with Crippen LogP contribution in [0.5, 0.6) is 0 Å². The largest absolute Gasteiger partial charge is 0.175 e. The van der Waals surface area contributed by atoms with E-state index in [9.17, 15) is 0 Å². The van der Waals surface area contributed by atoms with E-state index in [0.717, 1.165) is 5.69 Å². The second-order valence-corrected chi connectivity index (χ2v) is 6.55. The first-order valence-electron chi connectivity index (χ1n) is 7.32. The number of rotatable bonds is 1. The first-order chi connectivity index (χ1) is 10.9. The molecule has 4 aromatic rings. The van der Waals surface area contributed by atoms with Crippen LogP contribution in [0.3, 0.4) is 0 Å². The molecule has 104 valence electrons. The van der Waals surface area contributed by atoms with Crippen molar-refractivity contribution >= 4 is 37.2 Å². The van der Waals surface area contributed by atoms with Crippen molar-refractivity contribution in [3.05, 3.63) is 77.9 Å². The molecule has 0 bridgehead atoms. The standard InChI is InChI=1S/C19H12N2S/c1-3-10-16-14(7-1)18(21-20-16)15-9-5-8-13-12-6-2-4-11-17(12)22-19(13)15/h1-11,18H. The van der Waals surface area contributed by atoms with Crippen LogP contribution in [0, 0.1) is 0 Å². The minimum absolute atomic E-state index is 0.0213. The van der Waals surface area contributed by atoms with Crippen LogP contribution in [0.4, 0.5) is 5.69 Å². The van der Waals surface area contributed by atoms with Gasteiger partial charge in [0.1, 0.15) is 6.04 Å². The van der Waals surface area contributed by atoms with E-state index in [2.05, 4.69) is 64.8 Å². The highest BCUT2D eigenvalue weighted by molar-refractivity contribution is 7.26. The Morgan fingerprint density at radius 2 is 1.50 bits per heavy atom. The Bertz CT molecular complexity index is 1050.